The lowest BCUT2D eigenvalue weighted by Gasteiger charge is -2.21. The molecule has 1 N–H and O–H groups in total. The molecule has 1 fully saturated rings. The van der Waals surface area contributed by atoms with Crippen molar-refractivity contribution in [1.29, 1.82) is 0 Å². The van der Waals surface area contributed by atoms with Crippen molar-refractivity contribution in [2.24, 2.45) is 0 Å². The molecule has 3 nitrogen and oxygen atoms in total. The summed E-state index contributed by atoms with van der Waals surface area (Å²) in [5.41, 5.74) is 0.999. The maximum atomic E-state index is 11.7. The Bertz CT molecular complexity index is 380. The summed E-state index contributed by atoms with van der Waals surface area (Å²) < 4.78 is 0. The first kappa shape index (κ1) is 11.8. The highest BCUT2D eigenvalue weighted by Crippen LogP contribution is 2.17. The number of rotatable bonds is 3. The molecular formula is C14H18N2O. The average Bonchev–Trinajstić information content (AvgIpc) is 2.39. The van der Waals surface area contributed by atoms with Crippen molar-refractivity contribution >= 4 is 12.0 Å². The first-order chi connectivity index (χ1) is 8.34. The van der Waals surface area contributed by atoms with Crippen molar-refractivity contribution in [2.45, 2.75) is 38.1 Å². The summed E-state index contributed by atoms with van der Waals surface area (Å²) in [6.45, 7) is 0. The van der Waals surface area contributed by atoms with E-state index in [9.17, 15) is 4.79 Å². The predicted octanol–water partition coefficient (Wildman–Crippen LogP) is 2.54. The molecule has 1 heterocycles. The number of hydrogen-bond donors (Lipinski definition) is 1. The molecule has 1 aromatic heterocycles. The van der Waals surface area contributed by atoms with Crippen LogP contribution in [0.3, 0.4) is 0 Å². The fourth-order valence-corrected chi connectivity index (χ4v) is 2.14. The van der Waals surface area contributed by atoms with Gasteiger partial charge in [0.2, 0.25) is 5.91 Å². The monoisotopic (exact) mass is 230 g/mol. The highest BCUT2D eigenvalue weighted by atomic mass is 16.1. The summed E-state index contributed by atoms with van der Waals surface area (Å²) in [5.74, 6) is 0.00807. The lowest BCUT2D eigenvalue weighted by Crippen LogP contribution is -2.34. The van der Waals surface area contributed by atoms with E-state index in [2.05, 4.69) is 10.3 Å². The van der Waals surface area contributed by atoms with E-state index in [1.54, 1.807) is 18.5 Å². The van der Waals surface area contributed by atoms with Crippen LogP contribution in [0.1, 0.15) is 37.7 Å². The van der Waals surface area contributed by atoms with Gasteiger partial charge in [-0.2, -0.15) is 0 Å². The van der Waals surface area contributed by atoms with Gasteiger partial charge >= 0.3 is 0 Å². The maximum absolute atomic E-state index is 11.7. The number of nitrogens with one attached hydrogen (secondary N) is 1. The second-order valence-corrected chi connectivity index (χ2v) is 4.46. The molecule has 0 atom stereocenters. The van der Waals surface area contributed by atoms with Crippen molar-refractivity contribution in [2.75, 3.05) is 0 Å². The number of nitrogens with zero attached hydrogens (tertiary/aromatic N) is 1. The van der Waals surface area contributed by atoms with Gasteiger partial charge in [0.1, 0.15) is 0 Å². The van der Waals surface area contributed by atoms with Crippen molar-refractivity contribution in [3.63, 3.8) is 0 Å². The summed E-state index contributed by atoms with van der Waals surface area (Å²) in [5, 5.41) is 3.05. The zero-order chi connectivity index (χ0) is 11.9. The van der Waals surface area contributed by atoms with E-state index < -0.39 is 0 Å². The van der Waals surface area contributed by atoms with Crippen LogP contribution in [0.5, 0.6) is 0 Å². The Morgan fingerprint density at radius 1 is 1.24 bits per heavy atom. The minimum atomic E-state index is 0.00807. The Balaban J connectivity index is 1.82. The molecule has 0 unspecified atom stereocenters. The second kappa shape index (κ2) is 6.18. The Kier molecular flexibility index (Phi) is 4.30. The lowest BCUT2D eigenvalue weighted by molar-refractivity contribution is -0.117. The fourth-order valence-electron chi connectivity index (χ4n) is 2.14. The summed E-state index contributed by atoms with van der Waals surface area (Å²) >= 11 is 0. The Labute approximate surface area is 102 Å². The molecule has 2 rings (SSSR count). The number of aromatic nitrogens is 1. The molecule has 17 heavy (non-hydrogen) atoms. The normalized spacial score (nSPS) is 17.2. The highest BCUT2D eigenvalue weighted by molar-refractivity contribution is 5.91. The highest BCUT2D eigenvalue weighted by Gasteiger charge is 2.13. The quantitative estimate of drug-likeness (QED) is 0.811. The fraction of sp³-hybridized carbons (Fsp3) is 0.429. The van der Waals surface area contributed by atoms with Crippen molar-refractivity contribution in [3.05, 3.63) is 36.2 Å². The molecule has 1 amide bonds. The van der Waals surface area contributed by atoms with Crippen LogP contribution in [-0.4, -0.2) is 16.9 Å². The molecular weight excluding hydrogens is 212 g/mol. The molecule has 0 aromatic carbocycles. The largest absolute Gasteiger partial charge is 0.350 e. The Morgan fingerprint density at radius 2 is 1.94 bits per heavy atom. The Hall–Kier alpha value is -1.64. The zero-order valence-corrected chi connectivity index (χ0v) is 9.93. The third-order valence-electron chi connectivity index (χ3n) is 3.08. The molecule has 0 spiro atoms. The van der Waals surface area contributed by atoms with Gasteiger partial charge in [0.05, 0.1) is 0 Å². The molecule has 0 radical (unpaired) electrons. The standard InChI is InChI=1S/C14H18N2O/c17-14(16-13-4-2-1-3-5-13)7-6-12-8-10-15-11-9-12/h6-11,13H,1-5H2,(H,16,17). The zero-order valence-electron chi connectivity index (χ0n) is 9.93. The molecule has 1 aliphatic rings. The minimum Gasteiger partial charge on any atom is -0.350 e. The molecule has 0 saturated heterocycles. The summed E-state index contributed by atoms with van der Waals surface area (Å²) in [6, 6.07) is 4.13. The SMILES string of the molecule is O=C(C=Cc1ccncc1)NC1CCCCC1. The van der Waals surface area contributed by atoms with Crippen molar-refractivity contribution in [1.82, 2.24) is 10.3 Å². The average molecular weight is 230 g/mol. The third kappa shape index (κ3) is 4.02. The lowest BCUT2D eigenvalue weighted by atomic mass is 9.95. The topological polar surface area (TPSA) is 42.0 Å². The van der Waals surface area contributed by atoms with E-state index in [4.69, 9.17) is 0 Å². The molecule has 3 heteroatoms. The van der Waals surface area contributed by atoms with Crippen molar-refractivity contribution < 1.29 is 4.79 Å². The summed E-state index contributed by atoms with van der Waals surface area (Å²) in [4.78, 5) is 15.6. The smallest absolute Gasteiger partial charge is 0.244 e. The van der Waals surface area contributed by atoms with E-state index in [0.29, 0.717) is 6.04 Å². The van der Waals surface area contributed by atoms with Gasteiger partial charge in [-0.15, -0.1) is 0 Å². The summed E-state index contributed by atoms with van der Waals surface area (Å²) in [7, 11) is 0. The Morgan fingerprint density at radius 3 is 2.65 bits per heavy atom. The van der Waals surface area contributed by atoms with E-state index in [0.717, 1.165) is 18.4 Å². The van der Waals surface area contributed by atoms with Gasteiger partial charge in [-0.1, -0.05) is 19.3 Å². The van der Waals surface area contributed by atoms with Gasteiger partial charge in [-0.3, -0.25) is 9.78 Å². The van der Waals surface area contributed by atoms with Crippen LogP contribution in [0.2, 0.25) is 0 Å². The van der Waals surface area contributed by atoms with E-state index in [1.165, 1.54) is 19.3 Å². The van der Waals surface area contributed by atoms with E-state index in [-0.39, 0.29) is 5.91 Å². The number of pyridine rings is 1. The van der Waals surface area contributed by atoms with Gasteiger partial charge in [-0.05, 0) is 36.6 Å². The van der Waals surface area contributed by atoms with Gasteiger partial charge < -0.3 is 5.32 Å². The molecule has 0 aliphatic heterocycles. The predicted molar refractivity (Wildman–Crippen MR) is 68.3 cm³/mol. The van der Waals surface area contributed by atoms with Crippen molar-refractivity contribution in [3.8, 4) is 0 Å². The molecule has 1 saturated carbocycles. The first-order valence-electron chi connectivity index (χ1n) is 6.23. The van der Waals surface area contributed by atoms with Crippen LogP contribution in [-0.2, 0) is 4.79 Å². The number of hydrogen-bond acceptors (Lipinski definition) is 2. The second-order valence-electron chi connectivity index (χ2n) is 4.46. The van der Waals surface area contributed by atoms with Gasteiger partial charge in [0, 0.05) is 24.5 Å². The van der Waals surface area contributed by atoms with Crippen LogP contribution in [0.25, 0.3) is 6.08 Å². The van der Waals surface area contributed by atoms with Crippen LogP contribution >= 0.6 is 0 Å². The van der Waals surface area contributed by atoms with Crippen LogP contribution in [0, 0.1) is 0 Å². The van der Waals surface area contributed by atoms with Crippen LogP contribution in [0.4, 0.5) is 0 Å². The number of carbonyl (C=O) groups excluding carboxylic acids is 1. The van der Waals surface area contributed by atoms with Gasteiger partial charge in [-0.25, -0.2) is 0 Å². The molecule has 0 bridgehead atoms. The first-order valence-corrected chi connectivity index (χ1v) is 6.23. The number of carbonyl (C=O) groups is 1. The van der Waals surface area contributed by atoms with E-state index >= 15 is 0 Å². The molecule has 90 valence electrons. The molecule has 1 aliphatic carbocycles. The maximum Gasteiger partial charge on any atom is 0.244 e. The van der Waals surface area contributed by atoms with Gasteiger partial charge in [0.25, 0.3) is 0 Å². The minimum absolute atomic E-state index is 0.00807. The third-order valence-corrected chi connectivity index (χ3v) is 3.08. The number of amides is 1. The van der Waals surface area contributed by atoms with Crippen LogP contribution < -0.4 is 5.32 Å². The van der Waals surface area contributed by atoms with Gasteiger partial charge in [0.15, 0.2) is 0 Å². The van der Waals surface area contributed by atoms with E-state index in [1.807, 2.05) is 18.2 Å². The summed E-state index contributed by atoms with van der Waals surface area (Å²) in [6.07, 6.45) is 12.9. The van der Waals surface area contributed by atoms with Crippen LogP contribution in [0.15, 0.2) is 30.6 Å². The molecule has 1 aromatic rings.